The minimum atomic E-state index is -3.45. The lowest BCUT2D eigenvalue weighted by Crippen LogP contribution is -2.31. The van der Waals surface area contributed by atoms with Gasteiger partial charge in [0.2, 0.25) is 10.0 Å². The fourth-order valence-electron chi connectivity index (χ4n) is 1.90. The van der Waals surface area contributed by atoms with E-state index in [9.17, 15) is 8.42 Å². The zero-order chi connectivity index (χ0) is 15.3. The van der Waals surface area contributed by atoms with Gasteiger partial charge >= 0.3 is 0 Å². The molecule has 0 N–H and O–H groups in total. The fourth-order valence-corrected chi connectivity index (χ4v) is 3.07. The molecule has 2 aromatic rings. The summed E-state index contributed by atoms with van der Waals surface area (Å²) in [5.41, 5.74) is 1.03. The van der Waals surface area contributed by atoms with Crippen LogP contribution in [0, 0.1) is 6.92 Å². The van der Waals surface area contributed by atoms with Crippen molar-refractivity contribution in [3.05, 3.63) is 60.2 Å². The molecule has 0 aliphatic heterocycles. The molecule has 0 aromatic heterocycles. The third kappa shape index (κ3) is 3.83. The third-order valence-electron chi connectivity index (χ3n) is 3.21. The molecule has 0 fully saturated rings. The van der Waals surface area contributed by atoms with E-state index in [1.807, 2.05) is 31.2 Å². The number of rotatable bonds is 6. The van der Waals surface area contributed by atoms with Gasteiger partial charge in [-0.25, -0.2) is 8.42 Å². The van der Waals surface area contributed by atoms with Crippen LogP contribution in [0.1, 0.15) is 5.56 Å². The van der Waals surface area contributed by atoms with Gasteiger partial charge in [-0.15, -0.1) is 0 Å². The van der Waals surface area contributed by atoms with Gasteiger partial charge in [-0.1, -0.05) is 36.4 Å². The molecule has 5 heteroatoms. The molecule has 0 aliphatic rings. The number of hydrogen-bond donors (Lipinski definition) is 0. The Morgan fingerprint density at radius 3 is 2.29 bits per heavy atom. The summed E-state index contributed by atoms with van der Waals surface area (Å²) in [5.74, 6) is 0.781. The predicted octanol–water partition coefficient (Wildman–Crippen LogP) is 2.69. The summed E-state index contributed by atoms with van der Waals surface area (Å²) < 4.78 is 31.6. The maximum atomic E-state index is 12.3. The summed E-state index contributed by atoms with van der Waals surface area (Å²) in [4.78, 5) is 0.295. The molecule has 0 unspecified atom stereocenters. The molecule has 0 bridgehead atoms. The number of para-hydroxylation sites is 1. The normalized spacial score (nSPS) is 11.6. The van der Waals surface area contributed by atoms with Crippen molar-refractivity contribution in [2.45, 2.75) is 11.8 Å². The second-order valence-corrected chi connectivity index (χ2v) is 6.80. The predicted molar refractivity (Wildman–Crippen MR) is 82.9 cm³/mol. The molecule has 0 saturated carbocycles. The lowest BCUT2D eigenvalue weighted by Gasteiger charge is -2.18. The minimum Gasteiger partial charge on any atom is -0.492 e. The Morgan fingerprint density at radius 1 is 1.00 bits per heavy atom. The number of ether oxygens (including phenoxy) is 1. The van der Waals surface area contributed by atoms with E-state index < -0.39 is 10.0 Å². The second kappa shape index (κ2) is 6.74. The van der Waals surface area contributed by atoms with E-state index in [0.29, 0.717) is 18.0 Å². The van der Waals surface area contributed by atoms with Crippen molar-refractivity contribution in [3.8, 4) is 5.75 Å². The molecule has 0 spiro atoms. The van der Waals surface area contributed by atoms with Crippen molar-refractivity contribution in [2.24, 2.45) is 0 Å². The van der Waals surface area contributed by atoms with Crippen molar-refractivity contribution >= 4 is 10.0 Å². The van der Waals surface area contributed by atoms with Crippen LogP contribution < -0.4 is 4.74 Å². The maximum Gasteiger partial charge on any atom is 0.242 e. The van der Waals surface area contributed by atoms with Crippen LogP contribution in [0.5, 0.6) is 5.75 Å². The molecule has 4 nitrogen and oxygen atoms in total. The molecule has 112 valence electrons. The van der Waals surface area contributed by atoms with Gasteiger partial charge in [0.25, 0.3) is 0 Å². The molecule has 2 rings (SSSR count). The van der Waals surface area contributed by atoms with Crippen molar-refractivity contribution in [1.82, 2.24) is 4.31 Å². The second-order valence-electron chi connectivity index (χ2n) is 4.75. The Kier molecular flexibility index (Phi) is 4.98. The van der Waals surface area contributed by atoms with E-state index in [1.165, 1.54) is 4.31 Å². The van der Waals surface area contributed by atoms with E-state index >= 15 is 0 Å². The number of sulfonamides is 1. The number of nitrogens with zero attached hydrogens (tertiary/aromatic N) is 1. The number of likely N-dealkylation sites (N-methyl/N-ethyl adjacent to an activating group) is 1. The van der Waals surface area contributed by atoms with E-state index in [2.05, 4.69) is 0 Å². The van der Waals surface area contributed by atoms with Crippen LogP contribution in [0.2, 0.25) is 0 Å². The number of hydrogen-bond acceptors (Lipinski definition) is 3. The molecule has 0 radical (unpaired) electrons. The molecule has 0 atom stereocenters. The highest BCUT2D eigenvalue weighted by Crippen LogP contribution is 2.17. The van der Waals surface area contributed by atoms with Crippen LogP contribution in [0.25, 0.3) is 0 Å². The van der Waals surface area contributed by atoms with Gasteiger partial charge in [-0.2, -0.15) is 4.31 Å². The SMILES string of the molecule is Cc1ccccc1OCCN(C)S(=O)(=O)c1ccccc1. The van der Waals surface area contributed by atoms with Crippen LogP contribution in [0.4, 0.5) is 0 Å². The summed E-state index contributed by atoms with van der Waals surface area (Å²) >= 11 is 0. The number of aryl methyl sites for hydroxylation is 1. The monoisotopic (exact) mass is 305 g/mol. The highest BCUT2D eigenvalue weighted by Gasteiger charge is 2.19. The van der Waals surface area contributed by atoms with Crippen molar-refractivity contribution in [2.75, 3.05) is 20.2 Å². The largest absolute Gasteiger partial charge is 0.492 e. The standard InChI is InChI=1S/C16H19NO3S/c1-14-8-6-7-11-16(14)20-13-12-17(2)21(18,19)15-9-4-3-5-10-15/h3-11H,12-13H2,1-2H3. The molecule has 2 aromatic carbocycles. The van der Waals surface area contributed by atoms with Crippen LogP contribution in [0.3, 0.4) is 0 Å². The summed E-state index contributed by atoms with van der Waals surface area (Å²) in [5, 5.41) is 0. The highest BCUT2D eigenvalue weighted by atomic mass is 32.2. The summed E-state index contributed by atoms with van der Waals surface area (Å²) in [7, 11) is -1.89. The van der Waals surface area contributed by atoms with Gasteiger partial charge < -0.3 is 4.74 Å². The molecule has 21 heavy (non-hydrogen) atoms. The number of benzene rings is 2. The molecule has 0 aliphatic carbocycles. The van der Waals surface area contributed by atoms with Crippen LogP contribution >= 0.6 is 0 Å². The molecule has 0 amide bonds. The first-order valence-electron chi connectivity index (χ1n) is 6.71. The van der Waals surface area contributed by atoms with Gasteiger partial charge in [-0.3, -0.25) is 0 Å². The fraction of sp³-hybridized carbons (Fsp3) is 0.250. The first-order chi connectivity index (χ1) is 10.0. The maximum absolute atomic E-state index is 12.3. The van der Waals surface area contributed by atoms with Gasteiger partial charge in [0.15, 0.2) is 0 Å². The lowest BCUT2D eigenvalue weighted by molar-refractivity contribution is 0.285. The lowest BCUT2D eigenvalue weighted by atomic mass is 10.2. The third-order valence-corrected chi connectivity index (χ3v) is 5.08. The Bertz CT molecular complexity index is 684. The molecule has 0 heterocycles. The topological polar surface area (TPSA) is 46.6 Å². The zero-order valence-electron chi connectivity index (χ0n) is 12.2. The van der Waals surface area contributed by atoms with E-state index in [4.69, 9.17) is 4.74 Å². The average molecular weight is 305 g/mol. The summed E-state index contributed by atoms with van der Waals surface area (Å²) in [6, 6.07) is 16.1. The first-order valence-corrected chi connectivity index (χ1v) is 8.15. The smallest absolute Gasteiger partial charge is 0.242 e. The molecular weight excluding hydrogens is 286 g/mol. The minimum absolute atomic E-state index is 0.295. The molecular formula is C16H19NO3S. The first kappa shape index (κ1) is 15.5. The van der Waals surface area contributed by atoms with E-state index in [-0.39, 0.29) is 0 Å². The summed E-state index contributed by atoms with van der Waals surface area (Å²) in [6.45, 7) is 2.57. The van der Waals surface area contributed by atoms with Crippen LogP contribution in [-0.2, 0) is 10.0 Å². The van der Waals surface area contributed by atoms with E-state index in [1.54, 1.807) is 37.4 Å². The van der Waals surface area contributed by atoms with E-state index in [0.717, 1.165) is 11.3 Å². The Morgan fingerprint density at radius 2 is 1.62 bits per heavy atom. The Hall–Kier alpha value is -1.85. The quantitative estimate of drug-likeness (QED) is 0.824. The summed E-state index contributed by atoms with van der Waals surface area (Å²) in [6.07, 6.45) is 0. The molecule has 0 saturated heterocycles. The van der Waals surface area contributed by atoms with Crippen molar-refractivity contribution in [3.63, 3.8) is 0 Å². The van der Waals surface area contributed by atoms with Crippen LogP contribution in [0.15, 0.2) is 59.5 Å². The van der Waals surface area contributed by atoms with Crippen LogP contribution in [-0.4, -0.2) is 32.9 Å². The van der Waals surface area contributed by atoms with Crippen molar-refractivity contribution < 1.29 is 13.2 Å². The van der Waals surface area contributed by atoms with Crippen molar-refractivity contribution in [1.29, 1.82) is 0 Å². The van der Waals surface area contributed by atoms with Gasteiger partial charge in [0.1, 0.15) is 12.4 Å². The Balaban J connectivity index is 1.96. The van der Waals surface area contributed by atoms with Gasteiger partial charge in [0, 0.05) is 13.6 Å². The van der Waals surface area contributed by atoms with Gasteiger partial charge in [-0.05, 0) is 30.7 Å². The van der Waals surface area contributed by atoms with Gasteiger partial charge in [0.05, 0.1) is 4.90 Å². The average Bonchev–Trinajstić information content (AvgIpc) is 2.50. The zero-order valence-corrected chi connectivity index (χ0v) is 13.0. The highest BCUT2D eigenvalue weighted by molar-refractivity contribution is 7.89. The Labute approximate surface area is 126 Å².